The minimum absolute atomic E-state index is 0. The summed E-state index contributed by atoms with van der Waals surface area (Å²) >= 11 is 0. The fourth-order valence-corrected chi connectivity index (χ4v) is 1.70. The Labute approximate surface area is 132 Å². The molecule has 0 aromatic carbocycles. The van der Waals surface area contributed by atoms with Crippen LogP contribution in [0.2, 0.25) is 0 Å². The summed E-state index contributed by atoms with van der Waals surface area (Å²) in [5.74, 6) is 1.67. The molecule has 0 spiro atoms. The normalized spacial score (nSPS) is 13.6. The SMILES string of the molecule is CC(C)CCCC(C)N.CC(C)CCCC(C)N.[Cu]. The van der Waals surface area contributed by atoms with Crippen LogP contribution in [-0.2, 0) is 17.1 Å². The Morgan fingerprint density at radius 1 is 0.579 bits per heavy atom. The molecule has 1 radical (unpaired) electrons. The summed E-state index contributed by atoms with van der Waals surface area (Å²) in [7, 11) is 0. The van der Waals surface area contributed by atoms with Crippen LogP contribution >= 0.6 is 0 Å². The van der Waals surface area contributed by atoms with Crippen molar-refractivity contribution in [2.45, 2.75) is 92.2 Å². The predicted molar refractivity (Wildman–Crippen MR) is 84.7 cm³/mol. The van der Waals surface area contributed by atoms with Crippen molar-refractivity contribution in [3.8, 4) is 0 Å². The molecule has 0 saturated carbocycles. The van der Waals surface area contributed by atoms with Gasteiger partial charge in [-0.15, -0.1) is 0 Å². The molecule has 0 fully saturated rings. The van der Waals surface area contributed by atoms with E-state index in [1.54, 1.807) is 0 Å². The van der Waals surface area contributed by atoms with E-state index in [1.165, 1.54) is 38.5 Å². The summed E-state index contributed by atoms with van der Waals surface area (Å²) in [6, 6.07) is 0.785. The first-order chi connectivity index (χ1) is 8.25. The maximum absolute atomic E-state index is 5.58. The molecule has 0 aromatic rings. The molecular formula is C16H38CuN2. The van der Waals surface area contributed by atoms with E-state index >= 15 is 0 Å². The molecule has 123 valence electrons. The van der Waals surface area contributed by atoms with Gasteiger partial charge in [-0.3, -0.25) is 0 Å². The molecule has 0 bridgehead atoms. The van der Waals surface area contributed by atoms with Gasteiger partial charge in [0.25, 0.3) is 0 Å². The molecule has 0 saturated heterocycles. The smallest absolute Gasteiger partial charge is 0.00104 e. The molecule has 2 unspecified atom stereocenters. The molecule has 0 heterocycles. The molecular weight excluding hydrogens is 284 g/mol. The van der Waals surface area contributed by atoms with Crippen molar-refractivity contribution in [2.24, 2.45) is 23.3 Å². The molecule has 0 aliphatic heterocycles. The number of nitrogens with two attached hydrogens (primary N) is 2. The summed E-state index contributed by atoms with van der Waals surface area (Å²) in [6.45, 7) is 13.1. The van der Waals surface area contributed by atoms with E-state index in [-0.39, 0.29) is 17.1 Å². The molecule has 3 heteroatoms. The van der Waals surface area contributed by atoms with Crippen molar-refractivity contribution >= 4 is 0 Å². The van der Waals surface area contributed by atoms with Crippen LogP contribution in [0.5, 0.6) is 0 Å². The Morgan fingerprint density at radius 2 is 0.842 bits per heavy atom. The average Bonchev–Trinajstić information content (AvgIpc) is 2.15. The molecule has 0 aromatic heterocycles. The van der Waals surface area contributed by atoms with E-state index in [0.717, 1.165) is 11.8 Å². The van der Waals surface area contributed by atoms with Crippen molar-refractivity contribution in [3.63, 3.8) is 0 Å². The molecule has 4 N–H and O–H groups in total. The van der Waals surface area contributed by atoms with Crippen LogP contribution in [0.4, 0.5) is 0 Å². The van der Waals surface area contributed by atoms with Gasteiger partial charge in [0.1, 0.15) is 0 Å². The zero-order valence-electron chi connectivity index (χ0n) is 14.0. The first-order valence-electron chi connectivity index (χ1n) is 7.76. The minimum atomic E-state index is 0. The molecule has 0 rings (SSSR count). The summed E-state index contributed by atoms with van der Waals surface area (Å²) in [5, 5.41) is 0. The van der Waals surface area contributed by atoms with Gasteiger partial charge in [0.2, 0.25) is 0 Å². The summed E-state index contributed by atoms with van der Waals surface area (Å²) in [4.78, 5) is 0. The summed E-state index contributed by atoms with van der Waals surface area (Å²) < 4.78 is 0. The quantitative estimate of drug-likeness (QED) is 0.654. The topological polar surface area (TPSA) is 52.0 Å². The summed E-state index contributed by atoms with van der Waals surface area (Å²) in [6.07, 6.45) is 7.57. The van der Waals surface area contributed by atoms with Gasteiger partial charge in [0, 0.05) is 29.2 Å². The van der Waals surface area contributed by atoms with Crippen LogP contribution in [0.3, 0.4) is 0 Å². The monoisotopic (exact) mass is 321 g/mol. The van der Waals surface area contributed by atoms with Crippen LogP contribution in [0.25, 0.3) is 0 Å². The van der Waals surface area contributed by atoms with Crippen LogP contribution in [-0.4, -0.2) is 12.1 Å². The second-order valence-electron chi connectivity index (χ2n) is 6.60. The zero-order chi connectivity index (χ0) is 14.6. The van der Waals surface area contributed by atoms with E-state index in [4.69, 9.17) is 11.5 Å². The van der Waals surface area contributed by atoms with Crippen LogP contribution in [0.15, 0.2) is 0 Å². The van der Waals surface area contributed by atoms with E-state index in [2.05, 4.69) is 41.5 Å². The van der Waals surface area contributed by atoms with E-state index < -0.39 is 0 Å². The van der Waals surface area contributed by atoms with Gasteiger partial charge in [-0.1, -0.05) is 53.4 Å². The third kappa shape index (κ3) is 32.2. The second kappa shape index (κ2) is 16.5. The van der Waals surface area contributed by atoms with Crippen molar-refractivity contribution in [3.05, 3.63) is 0 Å². The molecule has 2 atom stereocenters. The largest absolute Gasteiger partial charge is 0.328 e. The predicted octanol–water partition coefficient (Wildman–Crippen LogP) is 4.32. The second-order valence-corrected chi connectivity index (χ2v) is 6.60. The van der Waals surface area contributed by atoms with E-state index in [1.807, 2.05) is 0 Å². The zero-order valence-corrected chi connectivity index (χ0v) is 14.9. The Morgan fingerprint density at radius 3 is 1.00 bits per heavy atom. The molecule has 0 aliphatic carbocycles. The van der Waals surface area contributed by atoms with E-state index in [9.17, 15) is 0 Å². The van der Waals surface area contributed by atoms with Crippen molar-refractivity contribution < 1.29 is 17.1 Å². The van der Waals surface area contributed by atoms with Gasteiger partial charge in [0.15, 0.2) is 0 Å². The van der Waals surface area contributed by atoms with Crippen LogP contribution in [0.1, 0.15) is 80.1 Å². The van der Waals surface area contributed by atoms with Gasteiger partial charge in [-0.25, -0.2) is 0 Å². The van der Waals surface area contributed by atoms with Gasteiger partial charge < -0.3 is 11.5 Å². The minimum Gasteiger partial charge on any atom is -0.328 e. The van der Waals surface area contributed by atoms with Gasteiger partial charge >= 0.3 is 0 Å². The Balaban J connectivity index is -0.000000256. The first-order valence-corrected chi connectivity index (χ1v) is 7.76. The van der Waals surface area contributed by atoms with Crippen LogP contribution < -0.4 is 11.5 Å². The van der Waals surface area contributed by atoms with Crippen molar-refractivity contribution in [1.82, 2.24) is 0 Å². The first kappa shape index (κ1) is 24.5. The maximum atomic E-state index is 5.58. The third-order valence-corrected chi connectivity index (χ3v) is 2.88. The van der Waals surface area contributed by atoms with Crippen molar-refractivity contribution in [1.29, 1.82) is 0 Å². The molecule has 2 nitrogen and oxygen atoms in total. The van der Waals surface area contributed by atoms with Gasteiger partial charge in [-0.05, 0) is 38.5 Å². The van der Waals surface area contributed by atoms with Gasteiger partial charge in [-0.2, -0.15) is 0 Å². The third-order valence-electron chi connectivity index (χ3n) is 2.88. The van der Waals surface area contributed by atoms with Crippen molar-refractivity contribution in [2.75, 3.05) is 0 Å². The molecule has 0 aliphatic rings. The summed E-state index contributed by atoms with van der Waals surface area (Å²) in [5.41, 5.74) is 11.2. The van der Waals surface area contributed by atoms with Gasteiger partial charge in [0.05, 0.1) is 0 Å². The standard InChI is InChI=1S/2C8H19N.Cu/c2*1-7(2)5-4-6-8(3)9;/h2*7-8H,4-6,9H2,1-3H3;. The number of hydrogen-bond donors (Lipinski definition) is 2. The number of hydrogen-bond acceptors (Lipinski definition) is 2. The Hall–Kier alpha value is 0.439. The van der Waals surface area contributed by atoms with E-state index in [0.29, 0.717) is 12.1 Å². The Bertz CT molecular complexity index is 123. The average molecular weight is 322 g/mol. The number of rotatable bonds is 8. The molecule has 19 heavy (non-hydrogen) atoms. The Kier molecular flexibility index (Phi) is 21.2. The fraction of sp³-hybridized carbons (Fsp3) is 1.00. The molecule has 0 amide bonds. The maximum Gasteiger partial charge on any atom is 0.00104 e. The van der Waals surface area contributed by atoms with Crippen LogP contribution in [0, 0.1) is 11.8 Å². The fourth-order valence-electron chi connectivity index (χ4n) is 1.70.